The number of anilines is 3. The lowest BCUT2D eigenvalue weighted by Crippen LogP contribution is -2.44. The Kier molecular flexibility index (Phi) is 4.04. The quantitative estimate of drug-likeness (QED) is 0.824. The van der Waals surface area contributed by atoms with Gasteiger partial charge in [0.15, 0.2) is 5.82 Å². The molecule has 3 rings (SSSR count). The molecular formula is C15H17ClN4O2. The first kappa shape index (κ1) is 14.9. The van der Waals surface area contributed by atoms with Crippen molar-refractivity contribution in [2.24, 2.45) is 5.41 Å². The largest absolute Gasteiger partial charge is 0.493 e. The molecule has 1 saturated heterocycles. The maximum Gasteiger partial charge on any atom is 0.150 e. The van der Waals surface area contributed by atoms with Gasteiger partial charge in [0.2, 0.25) is 0 Å². The number of halogens is 1. The summed E-state index contributed by atoms with van der Waals surface area (Å²) in [6.07, 6.45) is 3.05. The molecule has 0 saturated carbocycles. The lowest BCUT2D eigenvalue weighted by atomic mass is 9.90. The van der Waals surface area contributed by atoms with Crippen LogP contribution < -0.4 is 15.8 Å². The molecule has 0 unspecified atom stereocenters. The molecule has 1 aromatic heterocycles. The SMILES string of the molecule is CC1(COc2ccc(Nc3cncc(Cl)n3)c(N)c2)COC1. The molecule has 1 aliphatic rings. The second-order valence-corrected chi connectivity index (χ2v) is 6.08. The molecule has 0 aliphatic carbocycles. The van der Waals surface area contributed by atoms with Gasteiger partial charge in [-0.2, -0.15) is 0 Å². The van der Waals surface area contributed by atoms with Gasteiger partial charge in [0.25, 0.3) is 0 Å². The Balaban J connectivity index is 1.66. The molecule has 0 atom stereocenters. The summed E-state index contributed by atoms with van der Waals surface area (Å²) in [6.45, 7) is 4.21. The Labute approximate surface area is 133 Å². The summed E-state index contributed by atoms with van der Waals surface area (Å²) in [5.41, 5.74) is 7.43. The van der Waals surface area contributed by atoms with Crippen LogP contribution in [0.2, 0.25) is 5.15 Å². The first-order valence-electron chi connectivity index (χ1n) is 6.89. The van der Waals surface area contributed by atoms with Crippen molar-refractivity contribution in [2.45, 2.75) is 6.92 Å². The number of ether oxygens (including phenoxy) is 2. The number of nitrogen functional groups attached to an aromatic ring is 1. The summed E-state index contributed by atoms with van der Waals surface area (Å²) in [6, 6.07) is 5.48. The predicted molar refractivity (Wildman–Crippen MR) is 85.6 cm³/mol. The van der Waals surface area contributed by atoms with Crippen molar-refractivity contribution >= 4 is 28.8 Å². The minimum absolute atomic E-state index is 0.0993. The molecule has 6 nitrogen and oxygen atoms in total. The molecule has 1 aromatic carbocycles. The molecular weight excluding hydrogens is 304 g/mol. The van der Waals surface area contributed by atoms with Crippen LogP contribution in [0.1, 0.15) is 6.92 Å². The Hall–Kier alpha value is -2.05. The fourth-order valence-electron chi connectivity index (χ4n) is 2.08. The van der Waals surface area contributed by atoms with E-state index in [-0.39, 0.29) is 5.41 Å². The smallest absolute Gasteiger partial charge is 0.150 e. The normalized spacial score (nSPS) is 15.9. The summed E-state index contributed by atoms with van der Waals surface area (Å²) < 4.78 is 11.0. The minimum Gasteiger partial charge on any atom is -0.493 e. The van der Waals surface area contributed by atoms with E-state index in [0.717, 1.165) is 24.7 Å². The van der Waals surface area contributed by atoms with Crippen LogP contribution in [-0.4, -0.2) is 29.8 Å². The third kappa shape index (κ3) is 3.40. The maximum atomic E-state index is 6.04. The van der Waals surface area contributed by atoms with Crippen LogP contribution in [0, 0.1) is 5.41 Å². The number of rotatable bonds is 5. The van der Waals surface area contributed by atoms with E-state index < -0.39 is 0 Å². The summed E-state index contributed by atoms with van der Waals surface area (Å²) in [5, 5.41) is 3.40. The molecule has 0 bridgehead atoms. The fourth-order valence-corrected chi connectivity index (χ4v) is 2.22. The van der Waals surface area contributed by atoms with Crippen LogP contribution in [0.3, 0.4) is 0 Å². The molecule has 22 heavy (non-hydrogen) atoms. The summed E-state index contributed by atoms with van der Waals surface area (Å²) in [4.78, 5) is 8.08. The highest BCUT2D eigenvalue weighted by Crippen LogP contribution is 2.30. The lowest BCUT2D eigenvalue weighted by Gasteiger charge is -2.37. The first-order valence-corrected chi connectivity index (χ1v) is 7.27. The van der Waals surface area contributed by atoms with Crippen molar-refractivity contribution in [3.63, 3.8) is 0 Å². The van der Waals surface area contributed by atoms with E-state index in [9.17, 15) is 0 Å². The van der Waals surface area contributed by atoms with E-state index in [4.69, 9.17) is 26.8 Å². The third-order valence-corrected chi connectivity index (χ3v) is 3.56. The van der Waals surface area contributed by atoms with Gasteiger partial charge in [-0.25, -0.2) is 4.98 Å². The van der Waals surface area contributed by atoms with Gasteiger partial charge in [-0.15, -0.1) is 0 Å². The van der Waals surface area contributed by atoms with E-state index in [1.807, 2.05) is 12.1 Å². The molecule has 1 fully saturated rings. The average Bonchev–Trinajstić information content (AvgIpc) is 2.46. The van der Waals surface area contributed by atoms with Gasteiger partial charge in [0.1, 0.15) is 10.9 Å². The zero-order valence-corrected chi connectivity index (χ0v) is 12.9. The Bertz CT molecular complexity index is 676. The van der Waals surface area contributed by atoms with Gasteiger partial charge < -0.3 is 20.5 Å². The number of hydrogen-bond donors (Lipinski definition) is 2. The van der Waals surface area contributed by atoms with Crippen molar-refractivity contribution in [2.75, 3.05) is 30.9 Å². The minimum atomic E-state index is 0.0993. The second-order valence-electron chi connectivity index (χ2n) is 5.69. The van der Waals surface area contributed by atoms with Gasteiger partial charge in [-0.1, -0.05) is 18.5 Å². The van der Waals surface area contributed by atoms with Gasteiger partial charge in [0.05, 0.1) is 43.6 Å². The van der Waals surface area contributed by atoms with Gasteiger partial charge >= 0.3 is 0 Å². The molecule has 0 amide bonds. The van der Waals surface area contributed by atoms with Crippen molar-refractivity contribution in [1.82, 2.24) is 9.97 Å². The van der Waals surface area contributed by atoms with E-state index in [2.05, 4.69) is 22.2 Å². The molecule has 0 radical (unpaired) electrons. The van der Waals surface area contributed by atoms with Crippen LogP contribution in [-0.2, 0) is 4.74 Å². The number of nitrogens with zero attached hydrogens (tertiary/aromatic N) is 2. The van der Waals surface area contributed by atoms with Crippen LogP contribution in [0.5, 0.6) is 5.75 Å². The predicted octanol–water partition coefficient (Wildman–Crippen LogP) is 2.87. The standard InChI is InChI=1S/C15H17ClN4O2/c1-15(7-21-8-15)9-22-10-2-3-12(11(17)4-10)19-14-6-18-5-13(16)20-14/h2-6H,7-9,17H2,1H3,(H,19,20). The van der Waals surface area contributed by atoms with Crippen molar-refractivity contribution in [3.05, 3.63) is 35.7 Å². The molecule has 2 aromatic rings. The highest BCUT2D eigenvalue weighted by Gasteiger charge is 2.34. The topological polar surface area (TPSA) is 82.3 Å². The van der Waals surface area contributed by atoms with E-state index in [1.54, 1.807) is 12.3 Å². The fraction of sp³-hybridized carbons (Fsp3) is 0.333. The Morgan fingerprint density at radius 2 is 2.23 bits per heavy atom. The summed E-state index contributed by atoms with van der Waals surface area (Å²) in [5.74, 6) is 1.26. The Morgan fingerprint density at radius 3 is 2.86 bits per heavy atom. The van der Waals surface area contributed by atoms with E-state index in [0.29, 0.717) is 23.3 Å². The van der Waals surface area contributed by atoms with Gasteiger partial charge in [0, 0.05) is 11.5 Å². The Morgan fingerprint density at radius 1 is 1.41 bits per heavy atom. The average molecular weight is 321 g/mol. The highest BCUT2D eigenvalue weighted by atomic mass is 35.5. The third-order valence-electron chi connectivity index (χ3n) is 3.38. The van der Waals surface area contributed by atoms with E-state index >= 15 is 0 Å². The molecule has 0 spiro atoms. The monoisotopic (exact) mass is 320 g/mol. The number of aromatic nitrogens is 2. The zero-order valence-electron chi connectivity index (χ0n) is 12.2. The van der Waals surface area contributed by atoms with Crippen LogP contribution in [0.4, 0.5) is 17.2 Å². The van der Waals surface area contributed by atoms with Crippen LogP contribution in [0.15, 0.2) is 30.6 Å². The van der Waals surface area contributed by atoms with Gasteiger partial charge in [-0.05, 0) is 12.1 Å². The number of nitrogens with one attached hydrogen (secondary N) is 1. The van der Waals surface area contributed by atoms with Crippen LogP contribution >= 0.6 is 11.6 Å². The summed E-state index contributed by atoms with van der Waals surface area (Å²) >= 11 is 5.80. The number of nitrogens with two attached hydrogens (primary N) is 1. The van der Waals surface area contributed by atoms with Crippen molar-refractivity contribution in [3.8, 4) is 5.75 Å². The maximum absolute atomic E-state index is 6.04. The molecule has 116 valence electrons. The molecule has 1 aliphatic heterocycles. The first-order chi connectivity index (χ1) is 10.5. The molecule has 2 heterocycles. The number of benzene rings is 1. The molecule has 3 N–H and O–H groups in total. The zero-order chi connectivity index (χ0) is 15.6. The second kappa shape index (κ2) is 5.98. The molecule has 7 heteroatoms. The van der Waals surface area contributed by atoms with Crippen molar-refractivity contribution in [1.29, 1.82) is 0 Å². The van der Waals surface area contributed by atoms with Crippen molar-refractivity contribution < 1.29 is 9.47 Å². The van der Waals surface area contributed by atoms with Crippen LogP contribution in [0.25, 0.3) is 0 Å². The summed E-state index contributed by atoms with van der Waals surface area (Å²) in [7, 11) is 0. The highest BCUT2D eigenvalue weighted by molar-refractivity contribution is 6.29. The van der Waals surface area contributed by atoms with E-state index in [1.165, 1.54) is 6.20 Å². The van der Waals surface area contributed by atoms with Gasteiger partial charge in [-0.3, -0.25) is 4.98 Å². The lowest BCUT2D eigenvalue weighted by molar-refractivity contribution is -0.120. The number of hydrogen-bond acceptors (Lipinski definition) is 6.